The Bertz CT molecular complexity index is 574. The van der Waals surface area contributed by atoms with Crippen molar-refractivity contribution in [3.05, 3.63) is 35.9 Å². The van der Waals surface area contributed by atoms with Crippen LogP contribution in [-0.4, -0.2) is 48.7 Å². The Morgan fingerprint density at radius 3 is 2.65 bits per heavy atom. The first-order chi connectivity index (χ1) is 11.1. The Kier molecular flexibility index (Phi) is 4.66. The zero-order valence-corrected chi connectivity index (χ0v) is 13.6. The largest absolute Gasteiger partial charge is 0.465 e. The molecule has 4 atom stereocenters. The first-order valence-corrected chi connectivity index (χ1v) is 8.17. The summed E-state index contributed by atoms with van der Waals surface area (Å²) in [6, 6.07) is 9.79. The molecule has 2 aliphatic heterocycles. The van der Waals surface area contributed by atoms with Gasteiger partial charge in [-0.15, -0.1) is 0 Å². The minimum atomic E-state index is -0.299. The molecule has 3 rings (SSSR count). The van der Waals surface area contributed by atoms with E-state index < -0.39 is 0 Å². The third-order valence-electron chi connectivity index (χ3n) is 5.12. The molecule has 0 amide bonds. The molecular formula is C18H23NO4. The lowest BCUT2D eigenvalue weighted by Gasteiger charge is -2.42. The smallest absolute Gasteiger partial charge is 0.338 e. The molecular weight excluding hydrogens is 294 g/mol. The van der Waals surface area contributed by atoms with Gasteiger partial charge in [-0.05, 0) is 32.0 Å². The van der Waals surface area contributed by atoms with E-state index in [4.69, 9.17) is 9.47 Å². The Morgan fingerprint density at radius 2 is 1.96 bits per heavy atom. The standard InChI is InChI=1S/C18H23NO4/c1-12(20)22-11-15-16-9-8-14(19(16)2)10-17(15)23-18(21)13-6-4-3-5-7-13/h3-7,14-17H,8-11H2,1-2H3/t14-,15+,16+,17-/m0/s1. The summed E-state index contributed by atoms with van der Waals surface area (Å²) >= 11 is 0. The van der Waals surface area contributed by atoms with Crippen molar-refractivity contribution in [2.75, 3.05) is 13.7 Å². The van der Waals surface area contributed by atoms with Crippen LogP contribution in [0.1, 0.15) is 36.5 Å². The Morgan fingerprint density at radius 1 is 1.22 bits per heavy atom. The molecule has 2 aliphatic rings. The molecule has 2 heterocycles. The number of carbonyl (C=O) groups excluding carboxylic acids is 2. The van der Waals surface area contributed by atoms with Crippen LogP contribution in [0.3, 0.4) is 0 Å². The van der Waals surface area contributed by atoms with E-state index in [0.717, 1.165) is 19.3 Å². The Hall–Kier alpha value is -1.88. The Balaban J connectivity index is 1.73. The minimum absolute atomic E-state index is 0.0373. The maximum absolute atomic E-state index is 12.4. The van der Waals surface area contributed by atoms with Gasteiger partial charge < -0.3 is 9.47 Å². The molecule has 0 radical (unpaired) electrons. The van der Waals surface area contributed by atoms with Crippen molar-refractivity contribution < 1.29 is 19.1 Å². The highest BCUT2D eigenvalue weighted by Gasteiger charge is 2.47. The highest BCUT2D eigenvalue weighted by atomic mass is 16.6. The number of esters is 2. The van der Waals surface area contributed by atoms with Gasteiger partial charge >= 0.3 is 11.9 Å². The molecule has 2 bridgehead atoms. The average molecular weight is 317 g/mol. The number of benzene rings is 1. The van der Waals surface area contributed by atoms with Crippen LogP contribution in [0.15, 0.2) is 30.3 Å². The predicted molar refractivity (Wildman–Crippen MR) is 85.0 cm³/mol. The second-order valence-electron chi connectivity index (χ2n) is 6.48. The summed E-state index contributed by atoms with van der Waals surface area (Å²) in [5.41, 5.74) is 0.560. The zero-order chi connectivity index (χ0) is 16.4. The zero-order valence-electron chi connectivity index (χ0n) is 13.6. The van der Waals surface area contributed by atoms with Gasteiger partial charge in [-0.2, -0.15) is 0 Å². The quantitative estimate of drug-likeness (QED) is 0.797. The van der Waals surface area contributed by atoms with Crippen LogP contribution < -0.4 is 0 Å². The van der Waals surface area contributed by atoms with Crippen LogP contribution >= 0.6 is 0 Å². The topological polar surface area (TPSA) is 55.8 Å². The van der Waals surface area contributed by atoms with Gasteiger partial charge in [-0.3, -0.25) is 9.69 Å². The van der Waals surface area contributed by atoms with Crippen molar-refractivity contribution in [3.8, 4) is 0 Å². The van der Waals surface area contributed by atoms with Crippen LogP contribution in [0.5, 0.6) is 0 Å². The summed E-state index contributed by atoms with van der Waals surface area (Å²) in [4.78, 5) is 25.9. The summed E-state index contributed by atoms with van der Waals surface area (Å²) in [7, 11) is 2.11. The van der Waals surface area contributed by atoms with Crippen molar-refractivity contribution in [1.82, 2.24) is 4.90 Å². The molecule has 2 fully saturated rings. The maximum atomic E-state index is 12.4. The van der Waals surface area contributed by atoms with Crippen molar-refractivity contribution >= 4 is 11.9 Å². The van der Waals surface area contributed by atoms with Crippen LogP contribution in [-0.2, 0) is 14.3 Å². The van der Waals surface area contributed by atoms with E-state index in [2.05, 4.69) is 11.9 Å². The summed E-state index contributed by atoms with van der Waals surface area (Å²) < 4.78 is 11.0. The molecule has 1 aromatic carbocycles. The molecule has 124 valence electrons. The van der Waals surface area contributed by atoms with Gasteiger partial charge in [0.2, 0.25) is 0 Å². The van der Waals surface area contributed by atoms with E-state index in [0.29, 0.717) is 24.3 Å². The SMILES string of the molecule is CC(=O)OC[C@H]1[C@@H](OC(=O)c2ccccc2)C[C@@H]2CC[C@H]1N2C. The molecule has 5 heteroatoms. The third kappa shape index (κ3) is 3.39. The molecule has 0 N–H and O–H groups in total. The normalized spacial score (nSPS) is 30.0. The lowest BCUT2D eigenvalue weighted by molar-refractivity contribution is -0.146. The number of carbonyl (C=O) groups is 2. The molecule has 2 saturated heterocycles. The number of nitrogens with zero attached hydrogens (tertiary/aromatic N) is 1. The number of hydrogen-bond donors (Lipinski definition) is 0. The summed E-state index contributed by atoms with van der Waals surface area (Å²) in [5.74, 6) is -0.552. The fraction of sp³-hybridized carbons (Fsp3) is 0.556. The van der Waals surface area contributed by atoms with Crippen molar-refractivity contribution in [3.63, 3.8) is 0 Å². The second kappa shape index (κ2) is 6.71. The fourth-order valence-corrected chi connectivity index (χ4v) is 3.88. The van der Waals surface area contributed by atoms with Gasteiger partial charge in [0.1, 0.15) is 6.10 Å². The van der Waals surface area contributed by atoms with E-state index >= 15 is 0 Å². The number of fused-ring (bicyclic) bond motifs is 2. The molecule has 0 unspecified atom stereocenters. The lowest BCUT2D eigenvalue weighted by atomic mass is 9.88. The van der Waals surface area contributed by atoms with E-state index in [9.17, 15) is 9.59 Å². The molecule has 0 aromatic heterocycles. The highest BCUT2D eigenvalue weighted by molar-refractivity contribution is 5.89. The van der Waals surface area contributed by atoms with Crippen molar-refractivity contribution in [2.24, 2.45) is 5.92 Å². The minimum Gasteiger partial charge on any atom is -0.465 e. The summed E-state index contributed by atoms with van der Waals surface area (Å²) in [5, 5.41) is 0. The third-order valence-corrected chi connectivity index (χ3v) is 5.12. The molecule has 0 spiro atoms. The van der Waals surface area contributed by atoms with Gasteiger partial charge in [0.05, 0.1) is 12.2 Å². The van der Waals surface area contributed by atoms with Gasteiger partial charge in [-0.1, -0.05) is 18.2 Å². The lowest BCUT2D eigenvalue weighted by Crippen LogP contribution is -2.52. The maximum Gasteiger partial charge on any atom is 0.338 e. The molecule has 0 aliphatic carbocycles. The van der Waals surface area contributed by atoms with Gasteiger partial charge in [0.25, 0.3) is 0 Å². The van der Waals surface area contributed by atoms with Gasteiger partial charge in [-0.25, -0.2) is 4.79 Å². The summed E-state index contributed by atoms with van der Waals surface area (Å²) in [6.45, 7) is 1.72. The van der Waals surface area contributed by atoms with Crippen LogP contribution in [0.2, 0.25) is 0 Å². The number of hydrogen-bond acceptors (Lipinski definition) is 5. The van der Waals surface area contributed by atoms with Gasteiger partial charge in [0.15, 0.2) is 0 Å². The fourth-order valence-electron chi connectivity index (χ4n) is 3.88. The second-order valence-corrected chi connectivity index (χ2v) is 6.48. The van der Waals surface area contributed by atoms with Crippen LogP contribution in [0.4, 0.5) is 0 Å². The summed E-state index contributed by atoms with van der Waals surface area (Å²) in [6.07, 6.45) is 2.77. The number of ether oxygens (including phenoxy) is 2. The van der Waals surface area contributed by atoms with Crippen LogP contribution in [0, 0.1) is 5.92 Å². The molecule has 23 heavy (non-hydrogen) atoms. The first-order valence-electron chi connectivity index (χ1n) is 8.17. The van der Waals surface area contributed by atoms with E-state index in [-0.39, 0.29) is 24.0 Å². The average Bonchev–Trinajstić information content (AvgIpc) is 2.79. The van der Waals surface area contributed by atoms with Crippen molar-refractivity contribution in [1.29, 1.82) is 0 Å². The number of rotatable bonds is 4. The predicted octanol–water partition coefficient (Wildman–Crippen LogP) is 2.26. The van der Waals surface area contributed by atoms with E-state index in [1.54, 1.807) is 12.1 Å². The van der Waals surface area contributed by atoms with Crippen molar-refractivity contribution in [2.45, 2.75) is 44.4 Å². The Labute approximate surface area is 136 Å². The molecule has 0 saturated carbocycles. The first kappa shape index (κ1) is 16.0. The molecule has 1 aromatic rings. The number of piperidine rings is 1. The molecule has 5 nitrogen and oxygen atoms in total. The highest BCUT2D eigenvalue weighted by Crippen LogP contribution is 2.39. The van der Waals surface area contributed by atoms with E-state index in [1.807, 2.05) is 18.2 Å². The van der Waals surface area contributed by atoms with Crippen LogP contribution in [0.25, 0.3) is 0 Å². The van der Waals surface area contributed by atoms with Gasteiger partial charge in [0, 0.05) is 31.3 Å². The monoisotopic (exact) mass is 317 g/mol. The van der Waals surface area contributed by atoms with E-state index in [1.165, 1.54) is 6.92 Å².